The quantitative estimate of drug-likeness (QED) is 0.722. The summed E-state index contributed by atoms with van der Waals surface area (Å²) in [6.07, 6.45) is 3.30. The molecule has 2 rings (SSSR count). The lowest BCUT2D eigenvalue weighted by Gasteiger charge is -2.06. The molecule has 0 N–H and O–H groups in total. The molecule has 2 aromatic rings. The van der Waals surface area contributed by atoms with Gasteiger partial charge in [-0.15, -0.1) is 0 Å². The van der Waals surface area contributed by atoms with Crippen molar-refractivity contribution in [2.24, 2.45) is 0 Å². The second kappa shape index (κ2) is 4.40. The molecule has 0 atom stereocenters. The van der Waals surface area contributed by atoms with E-state index in [-0.39, 0.29) is 0 Å². The van der Waals surface area contributed by atoms with E-state index in [2.05, 4.69) is 4.98 Å². The Morgan fingerprint density at radius 1 is 0.867 bits per heavy atom. The van der Waals surface area contributed by atoms with Gasteiger partial charge >= 0.3 is 0 Å². The molecular weight excluding hydrogens is 252 g/mol. The van der Waals surface area contributed by atoms with Gasteiger partial charge in [0.2, 0.25) is 0 Å². The summed E-state index contributed by atoms with van der Waals surface area (Å²) in [5.74, 6) is 0. The minimum absolute atomic E-state index is 0.495. The van der Waals surface area contributed by atoms with Gasteiger partial charge in [-0.05, 0) is 12.1 Å². The summed E-state index contributed by atoms with van der Waals surface area (Å²) in [7, 11) is 0. The van der Waals surface area contributed by atoms with Gasteiger partial charge in [0.15, 0.2) is 0 Å². The number of nitrogens with zero attached hydrogens (tertiary/aromatic N) is 1. The van der Waals surface area contributed by atoms with Crippen molar-refractivity contribution in [1.29, 1.82) is 0 Å². The summed E-state index contributed by atoms with van der Waals surface area (Å²) in [5, 5.41) is 1.61. The van der Waals surface area contributed by atoms with Crippen LogP contribution < -0.4 is 0 Å². The number of halogens is 3. The third-order valence-electron chi connectivity index (χ3n) is 2.01. The molecule has 0 fully saturated rings. The molecule has 0 amide bonds. The first-order chi connectivity index (χ1) is 7.20. The summed E-state index contributed by atoms with van der Waals surface area (Å²) in [5.41, 5.74) is 1.58. The Morgan fingerprint density at radius 3 is 2.40 bits per heavy atom. The van der Waals surface area contributed by atoms with E-state index in [1.54, 1.807) is 24.5 Å². The van der Waals surface area contributed by atoms with Crippen molar-refractivity contribution in [1.82, 2.24) is 4.98 Å². The fourth-order valence-electron chi connectivity index (χ4n) is 1.29. The molecule has 1 aromatic carbocycles. The summed E-state index contributed by atoms with van der Waals surface area (Å²) in [4.78, 5) is 4.01. The van der Waals surface area contributed by atoms with Gasteiger partial charge in [0.1, 0.15) is 0 Å². The fourth-order valence-corrected chi connectivity index (χ4v) is 1.90. The van der Waals surface area contributed by atoms with E-state index in [4.69, 9.17) is 34.8 Å². The summed E-state index contributed by atoms with van der Waals surface area (Å²) in [6, 6.07) is 7.13. The Balaban J connectivity index is 2.65. The maximum atomic E-state index is 6.08. The van der Waals surface area contributed by atoms with Crippen LogP contribution in [0, 0.1) is 0 Å². The summed E-state index contributed by atoms with van der Waals surface area (Å²) in [6.45, 7) is 0. The number of hydrogen-bond acceptors (Lipinski definition) is 1. The van der Waals surface area contributed by atoms with E-state index in [1.165, 1.54) is 0 Å². The van der Waals surface area contributed by atoms with E-state index >= 15 is 0 Å². The van der Waals surface area contributed by atoms with E-state index in [0.29, 0.717) is 15.1 Å². The third-order valence-corrected chi connectivity index (χ3v) is 3.16. The third kappa shape index (κ3) is 2.10. The molecule has 0 bridgehead atoms. The molecule has 15 heavy (non-hydrogen) atoms. The SMILES string of the molecule is Clc1ccncc1-c1cccc(Cl)c1Cl. The number of aromatic nitrogens is 1. The van der Waals surface area contributed by atoms with Crippen molar-refractivity contribution in [3.8, 4) is 11.1 Å². The normalized spacial score (nSPS) is 10.3. The second-order valence-electron chi connectivity index (χ2n) is 2.96. The molecular formula is C11H6Cl3N. The largest absolute Gasteiger partial charge is 0.264 e. The number of rotatable bonds is 1. The number of hydrogen-bond donors (Lipinski definition) is 0. The van der Waals surface area contributed by atoms with Crippen molar-refractivity contribution in [2.75, 3.05) is 0 Å². The first-order valence-corrected chi connectivity index (χ1v) is 5.37. The molecule has 1 nitrogen and oxygen atoms in total. The van der Waals surface area contributed by atoms with Gasteiger partial charge in [-0.1, -0.05) is 46.9 Å². The first-order valence-electron chi connectivity index (χ1n) is 4.24. The Labute approximate surface area is 103 Å². The van der Waals surface area contributed by atoms with Crippen LogP contribution in [0.15, 0.2) is 36.7 Å². The van der Waals surface area contributed by atoms with Crippen LogP contribution in [0.25, 0.3) is 11.1 Å². The number of pyridine rings is 1. The summed E-state index contributed by atoms with van der Waals surface area (Å²) >= 11 is 18.0. The molecule has 76 valence electrons. The van der Waals surface area contributed by atoms with Crippen LogP contribution in [-0.2, 0) is 0 Å². The molecule has 1 aromatic heterocycles. The van der Waals surface area contributed by atoms with E-state index in [0.717, 1.165) is 11.1 Å². The average Bonchev–Trinajstić information content (AvgIpc) is 2.23. The van der Waals surface area contributed by atoms with Crippen molar-refractivity contribution in [3.63, 3.8) is 0 Å². The van der Waals surface area contributed by atoms with Crippen LogP contribution >= 0.6 is 34.8 Å². The zero-order valence-corrected chi connectivity index (χ0v) is 9.81. The average molecular weight is 259 g/mol. The molecule has 0 aliphatic rings. The van der Waals surface area contributed by atoms with Gasteiger partial charge in [0.25, 0.3) is 0 Å². The van der Waals surface area contributed by atoms with Gasteiger partial charge in [0, 0.05) is 23.5 Å². The summed E-state index contributed by atoms with van der Waals surface area (Å²) < 4.78 is 0. The van der Waals surface area contributed by atoms with Gasteiger partial charge in [-0.25, -0.2) is 0 Å². The molecule has 0 spiro atoms. The molecule has 0 saturated carbocycles. The minimum atomic E-state index is 0.495. The van der Waals surface area contributed by atoms with Gasteiger partial charge in [-0.3, -0.25) is 4.98 Å². The predicted octanol–water partition coefficient (Wildman–Crippen LogP) is 4.71. The van der Waals surface area contributed by atoms with Crippen molar-refractivity contribution >= 4 is 34.8 Å². The Morgan fingerprint density at radius 2 is 1.67 bits per heavy atom. The van der Waals surface area contributed by atoms with Crippen LogP contribution in [0.4, 0.5) is 0 Å². The maximum absolute atomic E-state index is 6.08. The molecule has 4 heteroatoms. The highest BCUT2D eigenvalue weighted by molar-refractivity contribution is 6.44. The highest BCUT2D eigenvalue weighted by atomic mass is 35.5. The van der Waals surface area contributed by atoms with Gasteiger partial charge in [-0.2, -0.15) is 0 Å². The predicted molar refractivity (Wildman–Crippen MR) is 64.7 cm³/mol. The van der Waals surface area contributed by atoms with Crippen molar-refractivity contribution in [3.05, 3.63) is 51.7 Å². The Hall–Kier alpha value is -0.760. The molecule has 0 saturated heterocycles. The van der Waals surface area contributed by atoms with Crippen LogP contribution in [-0.4, -0.2) is 4.98 Å². The van der Waals surface area contributed by atoms with Crippen LogP contribution in [0.2, 0.25) is 15.1 Å². The van der Waals surface area contributed by atoms with Crippen LogP contribution in [0.3, 0.4) is 0 Å². The molecule has 0 unspecified atom stereocenters. The lowest BCUT2D eigenvalue weighted by Crippen LogP contribution is -1.83. The van der Waals surface area contributed by atoms with E-state index in [1.807, 2.05) is 12.1 Å². The lowest BCUT2D eigenvalue weighted by molar-refractivity contribution is 1.33. The molecule has 0 aliphatic carbocycles. The molecule has 0 aliphatic heterocycles. The molecule has 1 heterocycles. The zero-order chi connectivity index (χ0) is 10.8. The zero-order valence-electron chi connectivity index (χ0n) is 7.55. The number of benzene rings is 1. The Bertz CT molecular complexity index is 497. The standard InChI is InChI=1S/C11H6Cl3N/c12-9-4-5-15-6-8(9)7-2-1-3-10(13)11(7)14/h1-6H. The van der Waals surface area contributed by atoms with E-state index < -0.39 is 0 Å². The van der Waals surface area contributed by atoms with Crippen LogP contribution in [0.5, 0.6) is 0 Å². The first kappa shape index (κ1) is 10.7. The van der Waals surface area contributed by atoms with Gasteiger partial charge in [0.05, 0.1) is 15.1 Å². The maximum Gasteiger partial charge on any atom is 0.0671 e. The van der Waals surface area contributed by atoms with Crippen molar-refractivity contribution in [2.45, 2.75) is 0 Å². The highest BCUT2D eigenvalue weighted by Crippen LogP contribution is 2.36. The highest BCUT2D eigenvalue weighted by Gasteiger charge is 2.09. The monoisotopic (exact) mass is 257 g/mol. The lowest BCUT2D eigenvalue weighted by atomic mass is 10.1. The van der Waals surface area contributed by atoms with Crippen molar-refractivity contribution < 1.29 is 0 Å². The smallest absolute Gasteiger partial charge is 0.0671 e. The Kier molecular flexibility index (Phi) is 3.15. The van der Waals surface area contributed by atoms with E-state index in [9.17, 15) is 0 Å². The minimum Gasteiger partial charge on any atom is -0.264 e. The fraction of sp³-hybridized carbons (Fsp3) is 0. The molecule has 0 radical (unpaired) electrons. The topological polar surface area (TPSA) is 12.9 Å². The van der Waals surface area contributed by atoms with Gasteiger partial charge < -0.3 is 0 Å². The van der Waals surface area contributed by atoms with Crippen LogP contribution in [0.1, 0.15) is 0 Å². The second-order valence-corrected chi connectivity index (χ2v) is 4.15.